The molecule has 0 saturated carbocycles. The van der Waals surface area contributed by atoms with Crippen LogP contribution in [0.3, 0.4) is 0 Å². The Morgan fingerprint density at radius 3 is 2.00 bits per heavy atom. The quantitative estimate of drug-likeness (QED) is 0.666. The predicted molar refractivity (Wildman–Crippen MR) is 60.0 cm³/mol. The lowest BCUT2D eigenvalue weighted by molar-refractivity contribution is 0.112. The van der Waals surface area contributed by atoms with Crippen molar-refractivity contribution < 1.29 is 4.79 Å². The van der Waals surface area contributed by atoms with E-state index in [4.69, 9.17) is 0 Å². The van der Waals surface area contributed by atoms with Crippen LogP contribution in [0.4, 0.5) is 0 Å². The van der Waals surface area contributed by atoms with Crippen molar-refractivity contribution in [2.24, 2.45) is 0 Å². The summed E-state index contributed by atoms with van der Waals surface area (Å²) in [5.74, 6) is 0. The second-order valence-corrected chi connectivity index (χ2v) is 3.45. The summed E-state index contributed by atoms with van der Waals surface area (Å²) in [4.78, 5) is 11.0. The smallest absolute Gasteiger partial charge is 0.150 e. The molecule has 1 nitrogen and oxygen atoms in total. The standard InChI is InChI=1S/C13H18O/c1-4-10-7-8-11(5-2)13(9-14)12(10)6-3/h7-9H,4-6H2,1-3H3. The fourth-order valence-electron chi connectivity index (χ4n) is 1.96. The van der Waals surface area contributed by atoms with Gasteiger partial charge in [-0.15, -0.1) is 0 Å². The van der Waals surface area contributed by atoms with Crippen molar-refractivity contribution in [3.05, 3.63) is 34.4 Å². The zero-order valence-corrected chi connectivity index (χ0v) is 9.26. The Bertz CT molecular complexity index is 326. The average molecular weight is 190 g/mol. The van der Waals surface area contributed by atoms with Gasteiger partial charge in [-0.3, -0.25) is 4.79 Å². The molecule has 0 fully saturated rings. The molecule has 1 heteroatoms. The highest BCUT2D eigenvalue weighted by Crippen LogP contribution is 2.19. The van der Waals surface area contributed by atoms with Crippen LogP contribution in [0, 0.1) is 0 Å². The number of aldehydes is 1. The van der Waals surface area contributed by atoms with Gasteiger partial charge in [0, 0.05) is 5.56 Å². The zero-order chi connectivity index (χ0) is 10.6. The lowest BCUT2D eigenvalue weighted by Crippen LogP contribution is -2.01. The van der Waals surface area contributed by atoms with Gasteiger partial charge in [-0.25, -0.2) is 0 Å². The zero-order valence-electron chi connectivity index (χ0n) is 9.26. The molecule has 1 aromatic carbocycles. The van der Waals surface area contributed by atoms with Gasteiger partial charge >= 0.3 is 0 Å². The summed E-state index contributed by atoms with van der Waals surface area (Å²) in [6.45, 7) is 6.34. The molecule has 0 heterocycles. The van der Waals surface area contributed by atoms with Crippen molar-refractivity contribution in [3.63, 3.8) is 0 Å². The second-order valence-electron chi connectivity index (χ2n) is 3.45. The number of hydrogen-bond acceptors (Lipinski definition) is 1. The van der Waals surface area contributed by atoms with Gasteiger partial charge in [0.25, 0.3) is 0 Å². The molecule has 1 rings (SSSR count). The second kappa shape index (κ2) is 4.94. The van der Waals surface area contributed by atoms with Crippen molar-refractivity contribution in [1.29, 1.82) is 0 Å². The number of carbonyl (C=O) groups is 1. The third kappa shape index (κ3) is 1.87. The highest BCUT2D eigenvalue weighted by molar-refractivity contribution is 5.80. The molecule has 0 aliphatic rings. The number of aryl methyl sites for hydroxylation is 2. The minimum atomic E-state index is 0.925. The molecule has 0 aliphatic carbocycles. The van der Waals surface area contributed by atoms with E-state index in [1.54, 1.807) is 0 Å². The highest BCUT2D eigenvalue weighted by atomic mass is 16.1. The normalized spacial score (nSPS) is 10.2. The molecule has 0 amide bonds. The largest absolute Gasteiger partial charge is 0.298 e. The van der Waals surface area contributed by atoms with E-state index in [1.165, 1.54) is 16.7 Å². The van der Waals surface area contributed by atoms with E-state index in [0.717, 1.165) is 31.1 Å². The van der Waals surface area contributed by atoms with E-state index in [1.807, 2.05) is 0 Å². The molecule has 0 bridgehead atoms. The number of hydrogen-bond donors (Lipinski definition) is 0. The van der Waals surface area contributed by atoms with Gasteiger partial charge < -0.3 is 0 Å². The van der Waals surface area contributed by atoms with Gasteiger partial charge in [-0.1, -0.05) is 32.9 Å². The fraction of sp³-hybridized carbons (Fsp3) is 0.462. The third-order valence-corrected chi connectivity index (χ3v) is 2.78. The first-order valence-electron chi connectivity index (χ1n) is 5.37. The maximum Gasteiger partial charge on any atom is 0.150 e. The average Bonchev–Trinajstić information content (AvgIpc) is 2.26. The van der Waals surface area contributed by atoms with Crippen LogP contribution in [-0.4, -0.2) is 6.29 Å². The van der Waals surface area contributed by atoms with Gasteiger partial charge in [0.15, 0.2) is 6.29 Å². The summed E-state index contributed by atoms with van der Waals surface area (Å²) >= 11 is 0. The predicted octanol–water partition coefficient (Wildman–Crippen LogP) is 3.19. The van der Waals surface area contributed by atoms with Crippen molar-refractivity contribution in [1.82, 2.24) is 0 Å². The molecule has 76 valence electrons. The summed E-state index contributed by atoms with van der Waals surface area (Å²) in [6.07, 6.45) is 3.90. The Morgan fingerprint density at radius 2 is 1.57 bits per heavy atom. The first-order chi connectivity index (χ1) is 6.78. The molecule has 0 saturated heterocycles. The SMILES string of the molecule is CCc1ccc(CC)c(CC)c1C=O. The van der Waals surface area contributed by atoms with Gasteiger partial charge in [-0.05, 0) is 36.0 Å². The van der Waals surface area contributed by atoms with Crippen LogP contribution in [0.1, 0.15) is 47.8 Å². The first-order valence-corrected chi connectivity index (χ1v) is 5.37. The van der Waals surface area contributed by atoms with Crippen LogP contribution in [0.5, 0.6) is 0 Å². The molecular weight excluding hydrogens is 172 g/mol. The van der Waals surface area contributed by atoms with E-state index in [2.05, 4.69) is 32.9 Å². The van der Waals surface area contributed by atoms with Crippen LogP contribution >= 0.6 is 0 Å². The molecule has 0 aliphatic heterocycles. The van der Waals surface area contributed by atoms with Crippen LogP contribution in [0.15, 0.2) is 12.1 Å². The first kappa shape index (κ1) is 11.0. The minimum Gasteiger partial charge on any atom is -0.298 e. The van der Waals surface area contributed by atoms with Crippen LogP contribution in [-0.2, 0) is 19.3 Å². The third-order valence-electron chi connectivity index (χ3n) is 2.78. The molecule has 0 aromatic heterocycles. The Morgan fingerprint density at radius 1 is 1.00 bits per heavy atom. The van der Waals surface area contributed by atoms with Crippen molar-refractivity contribution in [2.45, 2.75) is 40.0 Å². The molecule has 1 aromatic rings. The molecule has 14 heavy (non-hydrogen) atoms. The van der Waals surface area contributed by atoms with Crippen molar-refractivity contribution >= 4 is 6.29 Å². The Balaban J connectivity index is 3.35. The summed E-state index contributed by atoms with van der Waals surface area (Å²) in [5, 5.41) is 0. The van der Waals surface area contributed by atoms with Crippen LogP contribution < -0.4 is 0 Å². The molecule has 0 spiro atoms. The summed E-state index contributed by atoms with van der Waals surface area (Å²) in [6, 6.07) is 4.24. The maximum atomic E-state index is 11.0. The van der Waals surface area contributed by atoms with E-state index in [0.29, 0.717) is 0 Å². The monoisotopic (exact) mass is 190 g/mol. The fourth-order valence-corrected chi connectivity index (χ4v) is 1.96. The molecular formula is C13H18O. The van der Waals surface area contributed by atoms with E-state index in [-0.39, 0.29) is 0 Å². The topological polar surface area (TPSA) is 17.1 Å². The lowest BCUT2D eigenvalue weighted by Gasteiger charge is -2.12. The molecule has 0 unspecified atom stereocenters. The number of rotatable bonds is 4. The van der Waals surface area contributed by atoms with Crippen LogP contribution in [0.2, 0.25) is 0 Å². The van der Waals surface area contributed by atoms with E-state index in [9.17, 15) is 4.79 Å². The van der Waals surface area contributed by atoms with Gasteiger partial charge in [0.05, 0.1) is 0 Å². The van der Waals surface area contributed by atoms with Gasteiger partial charge in [0.2, 0.25) is 0 Å². The Labute approximate surface area is 86.1 Å². The molecule has 0 radical (unpaired) electrons. The van der Waals surface area contributed by atoms with Crippen molar-refractivity contribution in [3.8, 4) is 0 Å². The van der Waals surface area contributed by atoms with Crippen LogP contribution in [0.25, 0.3) is 0 Å². The Kier molecular flexibility index (Phi) is 3.87. The molecule has 0 atom stereocenters. The van der Waals surface area contributed by atoms with E-state index < -0.39 is 0 Å². The maximum absolute atomic E-state index is 11.0. The number of benzene rings is 1. The summed E-state index contributed by atoms with van der Waals surface area (Å²) in [5.41, 5.74) is 4.65. The van der Waals surface area contributed by atoms with Crippen molar-refractivity contribution in [2.75, 3.05) is 0 Å². The van der Waals surface area contributed by atoms with Gasteiger partial charge in [0.1, 0.15) is 0 Å². The molecule has 0 N–H and O–H groups in total. The lowest BCUT2D eigenvalue weighted by atomic mass is 9.93. The van der Waals surface area contributed by atoms with Gasteiger partial charge in [-0.2, -0.15) is 0 Å². The number of carbonyl (C=O) groups excluding carboxylic acids is 1. The summed E-state index contributed by atoms with van der Waals surface area (Å²) < 4.78 is 0. The minimum absolute atomic E-state index is 0.925. The summed E-state index contributed by atoms with van der Waals surface area (Å²) in [7, 11) is 0. The Hall–Kier alpha value is -1.11. The highest BCUT2D eigenvalue weighted by Gasteiger charge is 2.08. The van der Waals surface area contributed by atoms with E-state index >= 15 is 0 Å².